The van der Waals surface area contributed by atoms with Gasteiger partial charge in [0.1, 0.15) is 0 Å². The van der Waals surface area contributed by atoms with Gasteiger partial charge in [-0.15, -0.1) is 0 Å². The van der Waals surface area contributed by atoms with Crippen LogP contribution in [0.4, 0.5) is 0 Å². The zero-order chi connectivity index (χ0) is 23.8. The number of ether oxygens (including phenoxy) is 2. The van der Waals surface area contributed by atoms with Gasteiger partial charge in [0.25, 0.3) is 0 Å². The van der Waals surface area contributed by atoms with Crippen LogP contribution >= 0.6 is 0 Å². The maximum atomic E-state index is 13.1. The van der Waals surface area contributed by atoms with E-state index in [1.807, 2.05) is 13.8 Å². The Hall–Kier alpha value is -0.650. The summed E-state index contributed by atoms with van der Waals surface area (Å²) in [5, 5.41) is 6.74. The summed E-state index contributed by atoms with van der Waals surface area (Å²) < 4.78 is 12.2. The van der Waals surface area contributed by atoms with Gasteiger partial charge in [0.2, 0.25) is 5.91 Å². The molecule has 0 aliphatic rings. The zero-order valence-electron chi connectivity index (χ0n) is 22.1. The fourth-order valence-corrected chi connectivity index (χ4v) is 4.13. The van der Waals surface area contributed by atoms with Crippen LogP contribution in [0.25, 0.3) is 0 Å². The number of hydrogen-bond donors (Lipinski definition) is 2. The molecule has 5 nitrogen and oxygen atoms in total. The van der Waals surface area contributed by atoms with E-state index < -0.39 is 5.41 Å². The predicted octanol–water partition coefficient (Wildman–Crippen LogP) is 5.32. The number of carbonyl (C=O) groups is 1. The average molecular weight is 429 g/mol. The van der Waals surface area contributed by atoms with E-state index in [0.29, 0.717) is 24.9 Å². The smallest absolute Gasteiger partial charge is 0.225 e. The standard InChI is InChI=1S/C25H52N2O3/c1-13-24(10,29-12)15-20(7)30-25(11,14-2)17-23(8,9)22(28)26-16-21(18(3)4)27-19(5)6/h18-21,27H,13-17H2,1-12H3,(H,26,28). The van der Waals surface area contributed by atoms with Crippen LogP contribution in [0.2, 0.25) is 0 Å². The SMILES string of the molecule is CCC(C)(CC(C)OC(C)(CC)CC(C)(C)C(=O)NCC(NC(C)C)C(C)C)OC. The molecule has 5 heteroatoms. The van der Waals surface area contributed by atoms with Crippen molar-refractivity contribution in [2.75, 3.05) is 13.7 Å². The number of methoxy groups -OCH3 is 1. The number of rotatable bonds is 15. The van der Waals surface area contributed by atoms with E-state index in [9.17, 15) is 4.79 Å². The van der Waals surface area contributed by atoms with Crippen LogP contribution in [0.1, 0.15) is 102 Å². The molecule has 0 rings (SSSR count). The first-order valence-corrected chi connectivity index (χ1v) is 11.9. The molecule has 4 unspecified atom stereocenters. The number of nitrogens with one attached hydrogen (secondary N) is 2. The molecule has 0 aromatic heterocycles. The Balaban J connectivity index is 5.05. The van der Waals surface area contributed by atoms with E-state index in [2.05, 4.69) is 72.9 Å². The van der Waals surface area contributed by atoms with Crippen molar-refractivity contribution >= 4 is 5.91 Å². The van der Waals surface area contributed by atoms with Crippen molar-refractivity contribution in [1.29, 1.82) is 0 Å². The fourth-order valence-electron chi connectivity index (χ4n) is 4.13. The molecule has 0 aromatic carbocycles. The highest BCUT2D eigenvalue weighted by Crippen LogP contribution is 2.35. The molecule has 0 spiro atoms. The summed E-state index contributed by atoms with van der Waals surface area (Å²) in [5.74, 6) is 0.541. The summed E-state index contributed by atoms with van der Waals surface area (Å²) in [6.07, 6.45) is 3.35. The topological polar surface area (TPSA) is 59.6 Å². The molecule has 0 bridgehead atoms. The molecular formula is C25H52N2O3. The number of amides is 1. The Morgan fingerprint density at radius 2 is 1.47 bits per heavy atom. The molecule has 0 radical (unpaired) electrons. The van der Waals surface area contributed by atoms with Gasteiger partial charge < -0.3 is 20.1 Å². The molecule has 0 aromatic rings. The lowest BCUT2D eigenvalue weighted by Crippen LogP contribution is -2.50. The Labute approximate surface area is 187 Å². The van der Waals surface area contributed by atoms with E-state index in [1.54, 1.807) is 7.11 Å². The Bertz CT molecular complexity index is 501. The van der Waals surface area contributed by atoms with Gasteiger partial charge in [-0.3, -0.25) is 4.79 Å². The molecular weight excluding hydrogens is 376 g/mol. The molecule has 2 N–H and O–H groups in total. The Kier molecular flexibility index (Phi) is 12.1. The van der Waals surface area contributed by atoms with E-state index in [0.717, 1.165) is 19.3 Å². The predicted molar refractivity (Wildman–Crippen MR) is 128 cm³/mol. The van der Waals surface area contributed by atoms with Gasteiger partial charge in [-0.2, -0.15) is 0 Å². The largest absolute Gasteiger partial charge is 0.378 e. The average Bonchev–Trinajstić information content (AvgIpc) is 2.63. The lowest BCUT2D eigenvalue weighted by Gasteiger charge is -2.40. The molecule has 0 aliphatic carbocycles. The highest BCUT2D eigenvalue weighted by atomic mass is 16.5. The van der Waals surface area contributed by atoms with E-state index in [4.69, 9.17) is 9.47 Å². The van der Waals surface area contributed by atoms with Crippen molar-refractivity contribution in [1.82, 2.24) is 10.6 Å². The van der Waals surface area contributed by atoms with E-state index >= 15 is 0 Å². The second kappa shape index (κ2) is 12.4. The van der Waals surface area contributed by atoms with Crippen molar-refractivity contribution in [3.63, 3.8) is 0 Å². The van der Waals surface area contributed by atoms with E-state index in [-0.39, 0.29) is 29.3 Å². The van der Waals surface area contributed by atoms with Gasteiger partial charge in [0.05, 0.1) is 17.3 Å². The van der Waals surface area contributed by atoms with Crippen molar-refractivity contribution in [2.45, 2.75) is 131 Å². The van der Waals surface area contributed by atoms with Gasteiger partial charge in [-0.1, -0.05) is 55.4 Å². The minimum Gasteiger partial charge on any atom is -0.378 e. The molecule has 180 valence electrons. The lowest BCUT2D eigenvalue weighted by molar-refractivity contribution is -0.145. The van der Waals surface area contributed by atoms with Crippen molar-refractivity contribution < 1.29 is 14.3 Å². The molecule has 0 saturated carbocycles. The highest BCUT2D eigenvalue weighted by Gasteiger charge is 2.39. The summed E-state index contributed by atoms with van der Waals surface area (Å²) in [5.41, 5.74) is -1.06. The summed E-state index contributed by atoms with van der Waals surface area (Å²) in [6, 6.07) is 0.654. The molecule has 0 aliphatic heterocycles. The second-order valence-electron chi connectivity index (χ2n) is 10.9. The van der Waals surface area contributed by atoms with Crippen LogP contribution < -0.4 is 10.6 Å². The monoisotopic (exact) mass is 428 g/mol. The first-order chi connectivity index (χ1) is 13.6. The number of hydrogen-bond acceptors (Lipinski definition) is 4. The summed E-state index contributed by atoms with van der Waals surface area (Å²) in [7, 11) is 1.77. The summed E-state index contributed by atoms with van der Waals surface area (Å²) in [4.78, 5) is 13.1. The Morgan fingerprint density at radius 3 is 1.87 bits per heavy atom. The van der Waals surface area contributed by atoms with Crippen LogP contribution in [0, 0.1) is 11.3 Å². The zero-order valence-corrected chi connectivity index (χ0v) is 22.1. The second-order valence-corrected chi connectivity index (χ2v) is 10.9. The Morgan fingerprint density at radius 1 is 0.933 bits per heavy atom. The van der Waals surface area contributed by atoms with Crippen LogP contribution in [0.5, 0.6) is 0 Å². The maximum absolute atomic E-state index is 13.1. The molecule has 0 saturated heterocycles. The first kappa shape index (κ1) is 29.4. The number of carbonyl (C=O) groups excluding carboxylic acids is 1. The summed E-state index contributed by atoms with van der Waals surface area (Å²) >= 11 is 0. The first-order valence-electron chi connectivity index (χ1n) is 11.9. The molecule has 0 heterocycles. The van der Waals surface area contributed by atoms with Gasteiger partial charge in [0, 0.05) is 37.6 Å². The van der Waals surface area contributed by atoms with Gasteiger partial charge in [-0.25, -0.2) is 0 Å². The van der Waals surface area contributed by atoms with Crippen LogP contribution in [0.3, 0.4) is 0 Å². The van der Waals surface area contributed by atoms with Crippen molar-refractivity contribution in [3.8, 4) is 0 Å². The van der Waals surface area contributed by atoms with Gasteiger partial charge >= 0.3 is 0 Å². The lowest BCUT2D eigenvalue weighted by atomic mass is 9.78. The molecule has 1 amide bonds. The molecule has 0 fully saturated rings. The fraction of sp³-hybridized carbons (Fsp3) is 0.960. The highest BCUT2D eigenvalue weighted by molar-refractivity contribution is 5.81. The van der Waals surface area contributed by atoms with Gasteiger partial charge in [-0.05, 0) is 46.0 Å². The summed E-state index contributed by atoms with van der Waals surface area (Å²) in [6.45, 7) is 24.0. The third-order valence-electron chi connectivity index (χ3n) is 6.46. The van der Waals surface area contributed by atoms with Crippen LogP contribution in [-0.4, -0.2) is 49.0 Å². The van der Waals surface area contributed by atoms with E-state index in [1.165, 1.54) is 0 Å². The third-order valence-corrected chi connectivity index (χ3v) is 6.46. The van der Waals surface area contributed by atoms with Crippen LogP contribution in [0.15, 0.2) is 0 Å². The minimum absolute atomic E-state index is 0.0549. The third kappa shape index (κ3) is 10.1. The minimum atomic E-state index is -0.515. The van der Waals surface area contributed by atoms with Crippen LogP contribution in [-0.2, 0) is 14.3 Å². The normalized spacial score (nSPS) is 18.7. The quantitative estimate of drug-likeness (QED) is 0.370. The maximum Gasteiger partial charge on any atom is 0.225 e. The van der Waals surface area contributed by atoms with Crippen molar-refractivity contribution in [3.05, 3.63) is 0 Å². The molecule has 4 atom stereocenters. The molecule has 30 heavy (non-hydrogen) atoms. The van der Waals surface area contributed by atoms with Crippen molar-refractivity contribution in [2.24, 2.45) is 11.3 Å². The van der Waals surface area contributed by atoms with Gasteiger partial charge in [0.15, 0.2) is 0 Å².